The molecule has 10 atom stereocenters. The number of carbonyl (C=O) groups excluding carboxylic acids is 1. The molecule has 6 aliphatic rings. The molecule has 6 fully saturated rings. The van der Waals surface area contributed by atoms with Crippen LogP contribution in [0.4, 0.5) is 4.79 Å². The maximum atomic E-state index is 12.5. The van der Waals surface area contributed by atoms with Crippen molar-refractivity contribution in [2.24, 2.45) is 44.8 Å². The summed E-state index contributed by atoms with van der Waals surface area (Å²) in [5.74, 6) is 2.33. The molecule has 7 heteroatoms. The number of carbonyl (C=O) groups is 1. The average Bonchev–Trinajstić information content (AvgIpc) is 3.49. The molecule has 1 amide bonds. The third-order valence-electron chi connectivity index (χ3n) is 13.5. The average molecular weight is 559 g/mol. The van der Waals surface area contributed by atoms with E-state index in [1.165, 1.54) is 11.3 Å². The van der Waals surface area contributed by atoms with Crippen LogP contribution in [-0.2, 0) is 9.47 Å². The van der Waals surface area contributed by atoms with Crippen LogP contribution in [0, 0.1) is 63.0 Å². The molecule has 1 aliphatic heterocycles. The Morgan fingerprint density at radius 2 is 1.77 bits per heavy atom. The third-order valence-corrected chi connectivity index (χ3v) is 13.5. The summed E-state index contributed by atoms with van der Waals surface area (Å²) >= 11 is 0. The number of aliphatic hydroxyl groups is 3. The van der Waals surface area contributed by atoms with Crippen LogP contribution in [0.1, 0.15) is 99.8 Å². The highest BCUT2D eigenvalue weighted by molar-refractivity contribution is 5.67. The highest BCUT2D eigenvalue weighted by atomic mass is 16.6. The number of nitrogens with zero attached hydrogens (tertiary/aromatic N) is 1. The molecule has 40 heavy (non-hydrogen) atoms. The number of ether oxygens (including phenoxy) is 2. The summed E-state index contributed by atoms with van der Waals surface area (Å²) in [4.78, 5) is 13.9. The number of amides is 1. The van der Waals surface area contributed by atoms with Crippen LogP contribution in [0.2, 0.25) is 0 Å². The van der Waals surface area contributed by atoms with E-state index in [1.807, 2.05) is 0 Å². The molecule has 2 spiro atoms. The molecular weight excluding hydrogens is 506 g/mol. The van der Waals surface area contributed by atoms with E-state index >= 15 is 0 Å². The van der Waals surface area contributed by atoms with Crippen molar-refractivity contribution in [2.75, 3.05) is 14.1 Å². The van der Waals surface area contributed by atoms with E-state index in [4.69, 9.17) is 9.47 Å². The Morgan fingerprint density at radius 3 is 2.40 bits per heavy atom. The van der Waals surface area contributed by atoms with Gasteiger partial charge in [-0.05, 0) is 105 Å². The Morgan fingerprint density at radius 1 is 1.10 bits per heavy atom. The third kappa shape index (κ3) is 3.41. The maximum Gasteiger partial charge on any atom is 0.409 e. The lowest BCUT2D eigenvalue weighted by atomic mass is 9.41. The monoisotopic (exact) mass is 558 g/mol. The molecule has 0 aromatic rings. The van der Waals surface area contributed by atoms with Gasteiger partial charge in [0.25, 0.3) is 0 Å². The van der Waals surface area contributed by atoms with Gasteiger partial charge < -0.3 is 29.7 Å². The molecule has 3 N–H and O–H groups in total. The van der Waals surface area contributed by atoms with Crippen molar-refractivity contribution in [3.05, 3.63) is 18.1 Å². The zero-order chi connectivity index (χ0) is 29.4. The van der Waals surface area contributed by atoms with E-state index in [0.717, 1.165) is 38.5 Å². The molecule has 225 valence electrons. The summed E-state index contributed by atoms with van der Waals surface area (Å²) in [5, 5.41) is 34.3. The van der Waals surface area contributed by atoms with Crippen molar-refractivity contribution < 1.29 is 29.6 Å². The fourth-order valence-corrected chi connectivity index (χ4v) is 11.4. The highest BCUT2D eigenvalue weighted by Gasteiger charge is 2.85. The minimum absolute atomic E-state index is 0.0798. The van der Waals surface area contributed by atoms with Gasteiger partial charge in [-0.25, -0.2) is 4.79 Å². The standard InChI is InChI=1S/C33H52NO6/c1-18-16-19(26(29(4,5)38)40-27(37)34(8)9)39-24-23(18)30(6)14-15-33-17-32(33)13-12-22(35)28(2,3)20(32)10-11-21(33)31(30,7)25(24)36/h18,20,22-23,25-26,35-36,38H,10-17H2,1-9H3/t18-,20+,22+,23+,25+,26+,30-,31-,32-,33+/m1/s1. The second-order valence-corrected chi connectivity index (χ2v) is 16.3. The first-order valence-electron chi connectivity index (χ1n) is 15.6. The van der Waals surface area contributed by atoms with Crippen LogP contribution in [-0.4, -0.2) is 64.3 Å². The molecular formula is C33H52NO6. The Bertz CT molecular complexity index is 1050. The molecule has 0 unspecified atom stereocenters. The predicted octanol–water partition coefficient (Wildman–Crippen LogP) is 5.28. The molecule has 1 saturated heterocycles. The van der Waals surface area contributed by atoms with E-state index < -0.39 is 29.3 Å². The van der Waals surface area contributed by atoms with Crippen molar-refractivity contribution in [2.45, 2.75) is 124 Å². The molecule has 0 bridgehead atoms. The van der Waals surface area contributed by atoms with Crippen LogP contribution in [0.5, 0.6) is 0 Å². The first-order chi connectivity index (χ1) is 18.4. The number of aliphatic hydroxyl groups excluding tert-OH is 2. The molecule has 6 rings (SSSR count). The van der Waals surface area contributed by atoms with Crippen LogP contribution in [0.25, 0.3) is 0 Å². The minimum Gasteiger partial charge on any atom is -0.440 e. The van der Waals surface area contributed by atoms with Gasteiger partial charge in [0, 0.05) is 25.4 Å². The second-order valence-electron chi connectivity index (χ2n) is 16.3. The summed E-state index contributed by atoms with van der Waals surface area (Å²) in [6, 6.07) is 0. The van der Waals surface area contributed by atoms with Gasteiger partial charge in [-0.1, -0.05) is 34.6 Å². The van der Waals surface area contributed by atoms with E-state index in [1.54, 1.807) is 33.9 Å². The predicted molar refractivity (Wildman–Crippen MR) is 151 cm³/mol. The summed E-state index contributed by atoms with van der Waals surface area (Å²) in [5.41, 5.74) is -1.56. The van der Waals surface area contributed by atoms with Crippen LogP contribution in [0.3, 0.4) is 0 Å². The lowest BCUT2D eigenvalue weighted by Gasteiger charge is -2.63. The summed E-state index contributed by atoms with van der Waals surface area (Å²) in [6.45, 7) is 14.7. The Hall–Kier alpha value is -0.890. The van der Waals surface area contributed by atoms with E-state index in [9.17, 15) is 20.1 Å². The van der Waals surface area contributed by atoms with Gasteiger partial charge in [0.05, 0.1) is 17.8 Å². The number of fused-ring (bicyclic) bond motifs is 4. The molecule has 5 saturated carbocycles. The molecule has 5 aliphatic carbocycles. The second kappa shape index (κ2) is 8.60. The summed E-state index contributed by atoms with van der Waals surface area (Å²) < 4.78 is 12.4. The number of hydrogen-bond donors (Lipinski definition) is 3. The first kappa shape index (κ1) is 29.2. The van der Waals surface area contributed by atoms with Gasteiger partial charge >= 0.3 is 6.09 Å². The van der Waals surface area contributed by atoms with Crippen molar-refractivity contribution in [3.63, 3.8) is 0 Å². The van der Waals surface area contributed by atoms with Gasteiger partial charge in [0.15, 0.2) is 6.10 Å². The summed E-state index contributed by atoms with van der Waals surface area (Å²) in [6.07, 6.45) is 6.78. The summed E-state index contributed by atoms with van der Waals surface area (Å²) in [7, 11) is 3.24. The lowest BCUT2D eigenvalue weighted by molar-refractivity contribution is -0.126. The fraction of sp³-hybridized carbons (Fsp3) is 0.879. The number of hydrogen-bond acceptors (Lipinski definition) is 6. The Balaban J connectivity index is 1.33. The quantitative estimate of drug-likeness (QED) is 0.436. The molecule has 7 nitrogen and oxygen atoms in total. The molecule has 1 heterocycles. The highest BCUT2D eigenvalue weighted by Crippen LogP contribution is 2.90. The van der Waals surface area contributed by atoms with E-state index in [2.05, 4.69) is 34.6 Å². The topological polar surface area (TPSA) is 99.5 Å². The van der Waals surface area contributed by atoms with Gasteiger partial charge in [0.2, 0.25) is 0 Å². The van der Waals surface area contributed by atoms with Crippen molar-refractivity contribution >= 4 is 6.09 Å². The van der Waals surface area contributed by atoms with E-state index in [0.29, 0.717) is 24.5 Å². The zero-order valence-corrected chi connectivity index (χ0v) is 26.1. The van der Waals surface area contributed by atoms with Crippen LogP contribution >= 0.6 is 0 Å². The van der Waals surface area contributed by atoms with E-state index in [-0.39, 0.29) is 39.6 Å². The van der Waals surface area contributed by atoms with Gasteiger partial charge in [-0.15, -0.1) is 0 Å². The largest absolute Gasteiger partial charge is 0.440 e. The van der Waals surface area contributed by atoms with Gasteiger partial charge in [-0.2, -0.15) is 0 Å². The van der Waals surface area contributed by atoms with Gasteiger partial charge in [-0.3, -0.25) is 0 Å². The Kier molecular flexibility index (Phi) is 6.28. The van der Waals surface area contributed by atoms with Crippen molar-refractivity contribution in [3.8, 4) is 0 Å². The van der Waals surface area contributed by atoms with Crippen molar-refractivity contribution in [1.29, 1.82) is 0 Å². The number of rotatable bonds is 3. The molecule has 3 radical (unpaired) electrons. The fourth-order valence-electron chi connectivity index (χ4n) is 11.4. The SMILES string of the molecule is C[C@@H]1C[C]([C@H](OC(=O)N(C)C)C(C)(C)O)O[C]2[C@H]1[C@@]1(C)CC[C@@]34C[C@@]35CC[C@H](O)C(C)(C)[C@@H]5CC[C]4[C@]1(C)[C@H]2O. The molecule has 0 aromatic carbocycles. The van der Waals surface area contributed by atoms with Crippen LogP contribution in [0.15, 0.2) is 0 Å². The normalized spacial score (nSPS) is 49.1. The maximum absolute atomic E-state index is 12.5. The molecule has 0 aromatic heterocycles. The van der Waals surface area contributed by atoms with Gasteiger partial charge in [0.1, 0.15) is 12.2 Å². The zero-order valence-electron chi connectivity index (χ0n) is 26.1. The smallest absolute Gasteiger partial charge is 0.409 e. The Labute approximate surface area is 241 Å². The minimum atomic E-state index is -1.34. The van der Waals surface area contributed by atoms with Crippen LogP contribution < -0.4 is 0 Å². The van der Waals surface area contributed by atoms with Crippen molar-refractivity contribution in [1.82, 2.24) is 4.90 Å². The first-order valence-corrected chi connectivity index (χ1v) is 15.6. The lowest BCUT2D eigenvalue weighted by Crippen LogP contribution is -2.58.